The second kappa shape index (κ2) is 14.9. The standard InChI is InChI=1S/C33H45ClN4O4/c1-4-22(2)29-31(40)38-33(16-7-8-17-33)32(41)37-27(20-24-11-9-14-26(34)19-24)30(39)35-18-10-13-25-12-5-6-15-28(25)42-23(3)21-36-29/h5-6,9,11-12,14-15,19,22-23,27,29,36H,4,7-8,10,13,16-18,20-21H2,1-3H3,(H,35,39)(H,37,41)(H,38,40)/t22-,23-,27-,29-/m0/s1. The molecule has 0 radical (unpaired) electrons. The van der Waals surface area contributed by atoms with Crippen LogP contribution in [0.4, 0.5) is 0 Å². The van der Waals surface area contributed by atoms with Gasteiger partial charge in [0.25, 0.3) is 0 Å². The molecule has 1 heterocycles. The molecule has 4 rings (SSSR count). The number of para-hydroxylation sites is 1. The van der Waals surface area contributed by atoms with E-state index in [0.29, 0.717) is 37.4 Å². The van der Waals surface area contributed by atoms with Crippen LogP contribution in [0.2, 0.25) is 5.02 Å². The summed E-state index contributed by atoms with van der Waals surface area (Å²) >= 11 is 6.22. The van der Waals surface area contributed by atoms with Crippen LogP contribution in [0.15, 0.2) is 48.5 Å². The van der Waals surface area contributed by atoms with E-state index in [1.165, 1.54) is 0 Å². The van der Waals surface area contributed by atoms with Gasteiger partial charge in [0.1, 0.15) is 23.4 Å². The first-order chi connectivity index (χ1) is 20.2. The third kappa shape index (κ3) is 8.26. The average Bonchev–Trinajstić information content (AvgIpc) is 3.44. The summed E-state index contributed by atoms with van der Waals surface area (Å²) in [6, 6.07) is 13.9. The molecule has 228 valence electrons. The van der Waals surface area contributed by atoms with Gasteiger partial charge in [-0.05, 0) is 67.9 Å². The molecule has 1 aliphatic heterocycles. The number of fused-ring (bicyclic) bond motifs is 1. The topological polar surface area (TPSA) is 109 Å². The number of amides is 3. The molecular weight excluding hydrogens is 552 g/mol. The van der Waals surface area contributed by atoms with Gasteiger partial charge in [0.2, 0.25) is 17.7 Å². The zero-order valence-electron chi connectivity index (χ0n) is 25.0. The van der Waals surface area contributed by atoms with Crippen LogP contribution < -0.4 is 26.0 Å². The Hall–Kier alpha value is -3.10. The molecule has 9 heteroatoms. The highest BCUT2D eigenvalue weighted by molar-refractivity contribution is 6.30. The van der Waals surface area contributed by atoms with Gasteiger partial charge in [0.05, 0.1) is 6.04 Å². The predicted molar refractivity (Wildman–Crippen MR) is 166 cm³/mol. The van der Waals surface area contributed by atoms with E-state index < -0.39 is 17.6 Å². The molecule has 2 aromatic rings. The van der Waals surface area contributed by atoms with E-state index in [4.69, 9.17) is 16.3 Å². The minimum absolute atomic E-state index is 0.0398. The van der Waals surface area contributed by atoms with Gasteiger partial charge in [-0.1, -0.05) is 75.0 Å². The van der Waals surface area contributed by atoms with E-state index in [2.05, 4.69) is 28.2 Å². The van der Waals surface area contributed by atoms with Crippen molar-refractivity contribution < 1.29 is 19.1 Å². The fraction of sp³-hybridized carbons (Fsp3) is 0.545. The number of ether oxygens (including phenoxy) is 1. The Bertz CT molecular complexity index is 1230. The van der Waals surface area contributed by atoms with Crippen molar-refractivity contribution in [3.05, 3.63) is 64.7 Å². The third-order valence-corrected chi connectivity index (χ3v) is 8.78. The molecule has 4 atom stereocenters. The van der Waals surface area contributed by atoms with Gasteiger partial charge in [0.15, 0.2) is 0 Å². The Morgan fingerprint density at radius 2 is 1.79 bits per heavy atom. The van der Waals surface area contributed by atoms with E-state index in [0.717, 1.165) is 42.6 Å². The quantitative estimate of drug-likeness (QED) is 0.420. The first-order valence-electron chi connectivity index (χ1n) is 15.3. The lowest BCUT2D eigenvalue weighted by molar-refractivity contribution is -0.137. The lowest BCUT2D eigenvalue weighted by Crippen LogP contribution is -2.64. The Labute approximate surface area is 254 Å². The highest BCUT2D eigenvalue weighted by atomic mass is 35.5. The average molecular weight is 597 g/mol. The van der Waals surface area contributed by atoms with Crippen LogP contribution in [0.5, 0.6) is 5.75 Å². The lowest BCUT2D eigenvalue weighted by Gasteiger charge is -2.34. The lowest BCUT2D eigenvalue weighted by atomic mass is 9.92. The van der Waals surface area contributed by atoms with E-state index in [1.54, 1.807) is 12.1 Å². The van der Waals surface area contributed by atoms with Crippen LogP contribution in [-0.4, -0.2) is 54.5 Å². The van der Waals surface area contributed by atoms with Crippen molar-refractivity contribution in [2.24, 2.45) is 5.92 Å². The fourth-order valence-electron chi connectivity index (χ4n) is 5.88. The molecule has 4 N–H and O–H groups in total. The van der Waals surface area contributed by atoms with Gasteiger partial charge in [-0.15, -0.1) is 0 Å². The van der Waals surface area contributed by atoms with Crippen molar-refractivity contribution in [3.8, 4) is 5.75 Å². The van der Waals surface area contributed by atoms with Crippen LogP contribution in [0, 0.1) is 5.92 Å². The number of carbonyl (C=O) groups is 3. The highest BCUT2D eigenvalue weighted by Gasteiger charge is 2.45. The van der Waals surface area contributed by atoms with Gasteiger partial charge >= 0.3 is 0 Å². The molecule has 3 amide bonds. The zero-order chi connectivity index (χ0) is 30.1. The molecule has 42 heavy (non-hydrogen) atoms. The zero-order valence-corrected chi connectivity index (χ0v) is 25.8. The Balaban J connectivity index is 1.64. The van der Waals surface area contributed by atoms with Crippen molar-refractivity contribution in [2.45, 2.75) is 95.9 Å². The van der Waals surface area contributed by atoms with E-state index in [9.17, 15) is 14.4 Å². The minimum atomic E-state index is -1.07. The number of halogens is 1. The Morgan fingerprint density at radius 1 is 1.02 bits per heavy atom. The number of rotatable bonds is 4. The molecular formula is C33H45ClN4O4. The smallest absolute Gasteiger partial charge is 0.246 e. The first-order valence-corrected chi connectivity index (χ1v) is 15.7. The molecule has 2 aromatic carbocycles. The van der Waals surface area contributed by atoms with Crippen molar-refractivity contribution in [1.82, 2.24) is 21.3 Å². The SMILES string of the molecule is CC[C@H](C)[C@@H]1NC[C@H](C)Oc2ccccc2CCCNC(=O)[C@H](Cc2cccc(Cl)c2)NC(=O)C2(CCCC2)NC1=O. The Morgan fingerprint density at radius 3 is 2.52 bits per heavy atom. The molecule has 0 bridgehead atoms. The second-order valence-electron chi connectivity index (χ2n) is 11.8. The summed E-state index contributed by atoms with van der Waals surface area (Å²) in [6.45, 7) is 7.01. The van der Waals surface area contributed by atoms with Crippen LogP contribution in [0.25, 0.3) is 0 Å². The molecule has 1 spiro atoms. The predicted octanol–water partition coefficient (Wildman–Crippen LogP) is 4.33. The summed E-state index contributed by atoms with van der Waals surface area (Å²) in [7, 11) is 0. The van der Waals surface area contributed by atoms with Crippen LogP contribution in [0.1, 0.15) is 70.4 Å². The van der Waals surface area contributed by atoms with Crippen molar-refractivity contribution in [2.75, 3.05) is 13.1 Å². The summed E-state index contributed by atoms with van der Waals surface area (Å²) in [4.78, 5) is 41.3. The maximum Gasteiger partial charge on any atom is 0.246 e. The van der Waals surface area contributed by atoms with Gasteiger partial charge in [-0.3, -0.25) is 14.4 Å². The van der Waals surface area contributed by atoms with E-state index >= 15 is 0 Å². The van der Waals surface area contributed by atoms with Crippen LogP contribution in [-0.2, 0) is 27.2 Å². The summed E-state index contributed by atoms with van der Waals surface area (Å²) in [5, 5.41) is 13.2. The minimum Gasteiger partial charge on any atom is -0.489 e. The van der Waals surface area contributed by atoms with Gasteiger partial charge in [0, 0.05) is 24.5 Å². The maximum atomic E-state index is 14.0. The number of aryl methyl sites for hydroxylation is 1. The van der Waals surface area contributed by atoms with E-state index in [1.807, 2.05) is 50.2 Å². The fourth-order valence-corrected chi connectivity index (χ4v) is 6.10. The summed E-state index contributed by atoms with van der Waals surface area (Å²) in [6.07, 6.45) is 5.04. The molecule has 1 saturated carbocycles. The molecule has 0 saturated heterocycles. The van der Waals surface area contributed by atoms with Gasteiger partial charge in [-0.2, -0.15) is 0 Å². The molecule has 2 aliphatic rings. The highest BCUT2D eigenvalue weighted by Crippen LogP contribution is 2.31. The normalized spacial score (nSPS) is 24.8. The van der Waals surface area contributed by atoms with Crippen molar-refractivity contribution >= 4 is 29.3 Å². The second-order valence-corrected chi connectivity index (χ2v) is 12.3. The monoisotopic (exact) mass is 596 g/mol. The molecule has 0 aromatic heterocycles. The maximum absolute atomic E-state index is 14.0. The first kappa shape index (κ1) is 31.8. The van der Waals surface area contributed by atoms with Crippen molar-refractivity contribution in [1.29, 1.82) is 0 Å². The molecule has 8 nitrogen and oxygen atoms in total. The number of benzene rings is 2. The molecule has 1 fully saturated rings. The molecule has 1 aliphatic carbocycles. The largest absolute Gasteiger partial charge is 0.489 e. The Kier molecular flexibility index (Phi) is 11.3. The summed E-state index contributed by atoms with van der Waals surface area (Å²) in [5.41, 5.74) is 0.836. The molecule has 0 unspecified atom stereocenters. The van der Waals surface area contributed by atoms with Crippen LogP contribution >= 0.6 is 11.6 Å². The third-order valence-electron chi connectivity index (χ3n) is 8.55. The summed E-state index contributed by atoms with van der Waals surface area (Å²) < 4.78 is 6.31. The van der Waals surface area contributed by atoms with Gasteiger partial charge < -0.3 is 26.0 Å². The number of carbonyl (C=O) groups excluding carboxylic acids is 3. The summed E-state index contributed by atoms with van der Waals surface area (Å²) in [5.74, 6) is 0.0649. The van der Waals surface area contributed by atoms with Gasteiger partial charge in [-0.25, -0.2) is 0 Å². The van der Waals surface area contributed by atoms with Crippen LogP contribution in [0.3, 0.4) is 0 Å². The number of hydrogen-bond donors (Lipinski definition) is 4. The number of nitrogens with one attached hydrogen (secondary N) is 4. The number of hydrogen-bond acceptors (Lipinski definition) is 5. The van der Waals surface area contributed by atoms with E-state index in [-0.39, 0.29) is 36.2 Å². The van der Waals surface area contributed by atoms with Crippen molar-refractivity contribution in [3.63, 3.8) is 0 Å².